The lowest BCUT2D eigenvalue weighted by Crippen LogP contribution is -2.52. The Kier molecular flexibility index (Phi) is 6.29. The van der Waals surface area contributed by atoms with Crippen molar-refractivity contribution in [3.63, 3.8) is 0 Å². The zero-order valence-electron chi connectivity index (χ0n) is 12.9. The number of hydrogen-bond acceptors (Lipinski definition) is 4. The fourth-order valence-corrected chi connectivity index (χ4v) is 3.39. The molecule has 0 saturated heterocycles. The van der Waals surface area contributed by atoms with E-state index in [2.05, 4.69) is 0 Å². The number of halogens is 4. The summed E-state index contributed by atoms with van der Waals surface area (Å²) in [6.07, 6.45) is -4.05. The highest BCUT2D eigenvalue weighted by atomic mass is 35.5. The second kappa shape index (κ2) is 7.28. The lowest BCUT2D eigenvalue weighted by molar-refractivity contribution is -0.242. The lowest BCUT2D eigenvalue weighted by Gasteiger charge is -2.25. The molecule has 0 heterocycles. The minimum Gasteiger partial charge on any atom is -0.373 e. The summed E-state index contributed by atoms with van der Waals surface area (Å²) in [6.45, 7) is 2.13. The van der Waals surface area contributed by atoms with Gasteiger partial charge in [0.2, 0.25) is 5.60 Å². The minimum atomic E-state index is -5.17. The van der Waals surface area contributed by atoms with Crippen LogP contribution in [0.2, 0.25) is 5.02 Å². The summed E-state index contributed by atoms with van der Waals surface area (Å²) in [6, 6.07) is 3.25. The molecule has 136 valence electrons. The minimum absolute atomic E-state index is 0.0890. The van der Waals surface area contributed by atoms with E-state index in [1.807, 2.05) is 12.2 Å². The first kappa shape index (κ1) is 20.7. The smallest absolute Gasteiger partial charge is 0.373 e. The summed E-state index contributed by atoms with van der Waals surface area (Å²) < 4.78 is 61.9. The Labute approximate surface area is 142 Å². The van der Waals surface area contributed by atoms with E-state index in [0.717, 1.165) is 18.2 Å². The van der Waals surface area contributed by atoms with Gasteiger partial charge in [-0.1, -0.05) is 24.9 Å². The van der Waals surface area contributed by atoms with Crippen LogP contribution in [0.4, 0.5) is 18.9 Å². The number of alkyl halides is 3. The number of unbranched alkanes of at least 4 members (excludes halogenated alkanes) is 1. The number of hydrogen-bond donors (Lipinski definition) is 2. The summed E-state index contributed by atoms with van der Waals surface area (Å²) in [5.41, 5.74) is -3.84. The summed E-state index contributed by atoms with van der Waals surface area (Å²) in [5, 5.41) is 10.9. The number of carbonyl (C=O) groups is 1. The first-order valence-electron chi connectivity index (χ1n) is 6.95. The van der Waals surface area contributed by atoms with Crippen molar-refractivity contribution in [1.82, 2.24) is 0 Å². The highest BCUT2D eigenvalue weighted by molar-refractivity contribution is 7.91. The zero-order chi connectivity index (χ0) is 18.8. The van der Waals surface area contributed by atoms with Crippen LogP contribution in [-0.2, 0) is 14.6 Å². The molecule has 1 unspecified atom stereocenters. The molecule has 0 radical (unpaired) electrons. The molecule has 24 heavy (non-hydrogen) atoms. The molecule has 5 nitrogen and oxygen atoms in total. The number of rotatable bonds is 6. The van der Waals surface area contributed by atoms with Crippen molar-refractivity contribution in [2.45, 2.75) is 43.4 Å². The Morgan fingerprint density at radius 3 is 2.38 bits per heavy atom. The van der Waals surface area contributed by atoms with Crippen LogP contribution in [0.25, 0.3) is 0 Å². The van der Waals surface area contributed by atoms with Gasteiger partial charge in [0.25, 0.3) is 5.91 Å². The monoisotopic (exact) mass is 387 g/mol. The summed E-state index contributed by atoms with van der Waals surface area (Å²) in [4.78, 5) is 11.5. The molecule has 0 aliphatic carbocycles. The number of carbonyl (C=O) groups excluding carboxylic acids is 1. The zero-order valence-corrected chi connectivity index (χ0v) is 14.5. The number of benzene rings is 1. The van der Waals surface area contributed by atoms with Crippen LogP contribution in [0.15, 0.2) is 23.1 Å². The third kappa shape index (κ3) is 4.61. The quantitative estimate of drug-likeness (QED) is 0.785. The van der Waals surface area contributed by atoms with E-state index in [-0.39, 0.29) is 21.4 Å². The van der Waals surface area contributed by atoms with E-state index < -0.39 is 27.5 Å². The van der Waals surface area contributed by atoms with Gasteiger partial charge in [0.15, 0.2) is 9.84 Å². The van der Waals surface area contributed by atoms with Crippen LogP contribution in [0.3, 0.4) is 0 Å². The first-order valence-corrected chi connectivity index (χ1v) is 8.99. The Bertz CT molecular complexity index is 717. The van der Waals surface area contributed by atoms with Gasteiger partial charge in [-0.2, -0.15) is 13.2 Å². The van der Waals surface area contributed by atoms with Crippen LogP contribution in [-0.4, -0.2) is 37.0 Å². The van der Waals surface area contributed by atoms with E-state index in [4.69, 9.17) is 11.6 Å². The van der Waals surface area contributed by atoms with Gasteiger partial charge < -0.3 is 10.4 Å². The topological polar surface area (TPSA) is 83.5 Å². The molecule has 0 aliphatic rings. The molecule has 1 rings (SSSR count). The van der Waals surface area contributed by atoms with E-state index >= 15 is 0 Å². The maximum atomic E-state index is 12.6. The van der Waals surface area contributed by atoms with Crippen LogP contribution >= 0.6 is 11.6 Å². The maximum absolute atomic E-state index is 12.6. The normalized spacial score (nSPS) is 15.0. The number of anilines is 1. The molecule has 0 spiro atoms. The molecular formula is C14H17ClF3NO4S. The van der Waals surface area contributed by atoms with E-state index in [9.17, 15) is 31.5 Å². The predicted octanol–water partition coefficient (Wildman–Crippen LogP) is 3.17. The fourth-order valence-electron chi connectivity index (χ4n) is 1.62. The van der Waals surface area contributed by atoms with Gasteiger partial charge in [-0.05, 0) is 31.5 Å². The van der Waals surface area contributed by atoms with Crippen LogP contribution in [0, 0.1) is 0 Å². The summed E-state index contributed by atoms with van der Waals surface area (Å²) in [7, 11) is -3.57. The van der Waals surface area contributed by atoms with Crippen LogP contribution in [0.5, 0.6) is 0 Å². The Morgan fingerprint density at radius 1 is 1.33 bits per heavy atom. The van der Waals surface area contributed by atoms with Gasteiger partial charge in [-0.25, -0.2) is 8.42 Å². The average Bonchev–Trinajstić information content (AvgIpc) is 2.45. The molecule has 0 aliphatic heterocycles. The van der Waals surface area contributed by atoms with Gasteiger partial charge in [0, 0.05) is 0 Å². The molecule has 0 bridgehead atoms. The largest absolute Gasteiger partial charge is 0.426 e. The molecule has 1 amide bonds. The van der Waals surface area contributed by atoms with Crippen molar-refractivity contribution in [2.24, 2.45) is 0 Å². The Morgan fingerprint density at radius 2 is 1.92 bits per heavy atom. The van der Waals surface area contributed by atoms with E-state index in [0.29, 0.717) is 19.8 Å². The lowest BCUT2D eigenvalue weighted by atomic mass is 10.1. The second-order valence-corrected chi connectivity index (χ2v) is 7.85. The van der Waals surface area contributed by atoms with Gasteiger partial charge >= 0.3 is 6.18 Å². The van der Waals surface area contributed by atoms with Gasteiger partial charge in [0.1, 0.15) is 0 Å². The number of sulfone groups is 1. The highest BCUT2D eigenvalue weighted by Gasteiger charge is 2.55. The van der Waals surface area contributed by atoms with Crippen LogP contribution < -0.4 is 5.32 Å². The molecule has 0 fully saturated rings. The van der Waals surface area contributed by atoms with Crippen molar-refractivity contribution >= 4 is 33.0 Å². The van der Waals surface area contributed by atoms with E-state index in [1.54, 1.807) is 0 Å². The Hall–Kier alpha value is -1.32. The molecule has 0 saturated carbocycles. The summed E-state index contributed by atoms with van der Waals surface area (Å²) >= 11 is 5.84. The van der Waals surface area contributed by atoms with Crippen molar-refractivity contribution in [2.75, 3.05) is 11.1 Å². The third-order valence-corrected chi connectivity index (χ3v) is 5.42. The molecule has 0 aromatic heterocycles. The standard InChI is InChI=1S/C14H17ClF3NO4S/c1-3-4-7-24(22,23)9-5-6-11(10(15)8-9)19-12(20)13(2,21)14(16,17)18/h5-6,8,21H,3-4,7H2,1-2H3,(H,19,20). The average molecular weight is 388 g/mol. The van der Waals surface area contributed by atoms with Gasteiger partial charge in [-0.15, -0.1) is 0 Å². The SMILES string of the molecule is CCCCS(=O)(=O)c1ccc(NC(=O)C(C)(O)C(F)(F)F)c(Cl)c1. The fraction of sp³-hybridized carbons (Fsp3) is 0.500. The van der Waals surface area contributed by atoms with E-state index in [1.165, 1.54) is 0 Å². The number of amides is 1. The maximum Gasteiger partial charge on any atom is 0.426 e. The molecule has 1 atom stereocenters. The first-order chi connectivity index (χ1) is 10.8. The molecule has 10 heteroatoms. The van der Waals surface area contributed by atoms with Crippen LogP contribution in [0.1, 0.15) is 26.7 Å². The third-order valence-electron chi connectivity index (χ3n) is 3.31. The molecular weight excluding hydrogens is 371 g/mol. The molecule has 1 aromatic rings. The summed E-state index contributed by atoms with van der Waals surface area (Å²) in [5.74, 6) is -1.81. The molecule has 1 aromatic carbocycles. The number of nitrogens with one attached hydrogen (secondary N) is 1. The Balaban J connectivity index is 3.04. The van der Waals surface area contributed by atoms with Crippen molar-refractivity contribution in [3.8, 4) is 0 Å². The van der Waals surface area contributed by atoms with Crippen molar-refractivity contribution in [3.05, 3.63) is 23.2 Å². The predicted molar refractivity (Wildman–Crippen MR) is 83.7 cm³/mol. The highest BCUT2D eigenvalue weighted by Crippen LogP contribution is 2.32. The van der Waals surface area contributed by atoms with Gasteiger partial charge in [0.05, 0.1) is 21.4 Å². The second-order valence-electron chi connectivity index (χ2n) is 5.34. The van der Waals surface area contributed by atoms with Gasteiger partial charge in [-0.3, -0.25) is 4.79 Å². The van der Waals surface area contributed by atoms with Crippen molar-refractivity contribution < 1.29 is 31.5 Å². The van der Waals surface area contributed by atoms with Crippen molar-refractivity contribution in [1.29, 1.82) is 0 Å². The number of aliphatic hydroxyl groups is 1. The molecule has 2 N–H and O–H groups in total.